The Bertz CT molecular complexity index is 728. The van der Waals surface area contributed by atoms with E-state index in [1.165, 1.54) is 0 Å². The fourth-order valence-corrected chi connectivity index (χ4v) is 2.38. The number of nitrogens with zero attached hydrogens (tertiary/aromatic N) is 3. The first-order chi connectivity index (χ1) is 9.99. The van der Waals surface area contributed by atoms with E-state index in [9.17, 15) is 4.79 Å². The van der Waals surface area contributed by atoms with Crippen LogP contribution in [0.4, 0.5) is 0 Å². The normalized spacial score (nSPS) is 10.5. The van der Waals surface area contributed by atoms with Crippen molar-refractivity contribution in [2.45, 2.75) is 20.4 Å². The molecule has 0 aliphatic carbocycles. The highest BCUT2D eigenvalue weighted by molar-refractivity contribution is 9.10. The monoisotopic (exact) mass is 353 g/mol. The number of hydrogen-bond acceptors (Lipinski definition) is 5. The maximum Gasteiger partial charge on any atom is 0.348 e. The Balaban J connectivity index is 2.54. The van der Waals surface area contributed by atoms with Crippen LogP contribution in [0, 0.1) is 13.8 Å². The molecule has 0 saturated heterocycles. The van der Waals surface area contributed by atoms with E-state index in [1.54, 1.807) is 38.0 Å². The highest BCUT2D eigenvalue weighted by Crippen LogP contribution is 2.29. The molecule has 0 aliphatic rings. The first kappa shape index (κ1) is 15.5. The summed E-state index contributed by atoms with van der Waals surface area (Å²) < 4.78 is 12.9. The zero-order valence-electron chi connectivity index (χ0n) is 12.3. The van der Waals surface area contributed by atoms with Gasteiger partial charge in [-0.1, -0.05) is 0 Å². The number of pyridine rings is 1. The van der Waals surface area contributed by atoms with Crippen LogP contribution in [0.2, 0.25) is 0 Å². The lowest BCUT2D eigenvalue weighted by atomic mass is 10.2. The lowest BCUT2D eigenvalue weighted by Gasteiger charge is -2.15. The lowest BCUT2D eigenvalue weighted by molar-refractivity contribution is 0.348. The number of halogens is 1. The minimum absolute atomic E-state index is 0.261. The Morgan fingerprint density at radius 3 is 2.62 bits per heavy atom. The second-order valence-electron chi connectivity index (χ2n) is 4.46. The molecule has 0 amide bonds. The Morgan fingerprint density at radius 2 is 2.00 bits per heavy atom. The third kappa shape index (κ3) is 2.92. The Kier molecular flexibility index (Phi) is 4.62. The molecule has 2 rings (SSSR count). The highest BCUT2D eigenvalue weighted by Gasteiger charge is 2.15. The number of hydrogen-bond donors (Lipinski definition) is 0. The van der Waals surface area contributed by atoms with Crippen LogP contribution in [0.25, 0.3) is 0 Å². The van der Waals surface area contributed by atoms with E-state index < -0.39 is 0 Å². The molecule has 0 N–H and O–H groups in total. The SMILES string of the molecule is COc1ccnc(Cn2c(C)c(Br)c(C)nc2=O)c1OC. The standard InChI is InChI=1S/C14H16BrN3O3/c1-8-12(15)9(2)18(14(19)17-8)7-10-13(21-4)11(20-3)5-6-16-10/h5-6H,7H2,1-4H3. The van der Waals surface area contributed by atoms with Gasteiger partial charge in [0.1, 0.15) is 5.69 Å². The Labute approximate surface area is 130 Å². The van der Waals surface area contributed by atoms with Crippen molar-refractivity contribution in [1.29, 1.82) is 0 Å². The molecule has 0 radical (unpaired) electrons. The van der Waals surface area contributed by atoms with Crippen LogP contribution in [0.5, 0.6) is 11.5 Å². The molecule has 0 bridgehead atoms. The molecule has 21 heavy (non-hydrogen) atoms. The van der Waals surface area contributed by atoms with Gasteiger partial charge in [-0.25, -0.2) is 4.79 Å². The molecule has 2 aromatic rings. The number of ether oxygens (including phenoxy) is 2. The van der Waals surface area contributed by atoms with Gasteiger partial charge in [-0.15, -0.1) is 0 Å². The van der Waals surface area contributed by atoms with E-state index in [1.807, 2.05) is 6.92 Å². The average molecular weight is 354 g/mol. The van der Waals surface area contributed by atoms with Crippen molar-refractivity contribution in [1.82, 2.24) is 14.5 Å². The quantitative estimate of drug-likeness (QED) is 0.841. The van der Waals surface area contributed by atoms with Gasteiger partial charge in [0.05, 0.1) is 30.9 Å². The van der Waals surface area contributed by atoms with Crippen LogP contribution in [0.3, 0.4) is 0 Å². The van der Waals surface area contributed by atoms with Crippen molar-refractivity contribution in [2.24, 2.45) is 0 Å². The second-order valence-corrected chi connectivity index (χ2v) is 5.25. The van der Waals surface area contributed by atoms with E-state index in [-0.39, 0.29) is 12.2 Å². The van der Waals surface area contributed by atoms with Gasteiger partial charge in [-0.2, -0.15) is 4.98 Å². The van der Waals surface area contributed by atoms with Crippen LogP contribution in [-0.2, 0) is 6.54 Å². The van der Waals surface area contributed by atoms with Crippen molar-refractivity contribution in [3.63, 3.8) is 0 Å². The molecule has 112 valence electrons. The molecule has 0 unspecified atom stereocenters. The lowest BCUT2D eigenvalue weighted by Crippen LogP contribution is -2.27. The summed E-state index contributed by atoms with van der Waals surface area (Å²) >= 11 is 3.44. The van der Waals surface area contributed by atoms with E-state index in [0.29, 0.717) is 22.9 Å². The zero-order valence-corrected chi connectivity index (χ0v) is 13.9. The van der Waals surface area contributed by atoms with Gasteiger partial charge in [-0.3, -0.25) is 9.55 Å². The van der Waals surface area contributed by atoms with Crippen molar-refractivity contribution in [2.75, 3.05) is 14.2 Å². The van der Waals surface area contributed by atoms with Crippen molar-refractivity contribution in [3.05, 3.63) is 44.3 Å². The molecule has 6 nitrogen and oxygen atoms in total. The Morgan fingerprint density at radius 1 is 1.29 bits per heavy atom. The van der Waals surface area contributed by atoms with Crippen molar-refractivity contribution >= 4 is 15.9 Å². The molecule has 2 aromatic heterocycles. The first-order valence-electron chi connectivity index (χ1n) is 6.29. The smallest absolute Gasteiger partial charge is 0.348 e. The summed E-state index contributed by atoms with van der Waals surface area (Å²) in [5, 5.41) is 0. The van der Waals surface area contributed by atoms with Gasteiger partial charge in [0.2, 0.25) is 0 Å². The zero-order chi connectivity index (χ0) is 15.6. The highest BCUT2D eigenvalue weighted by atomic mass is 79.9. The second kappa shape index (κ2) is 6.26. The molecule has 0 saturated carbocycles. The maximum absolute atomic E-state index is 12.1. The molecular formula is C14H16BrN3O3. The molecule has 2 heterocycles. The van der Waals surface area contributed by atoms with E-state index in [4.69, 9.17) is 9.47 Å². The molecule has 0 atom stereocenters. The summed E-state index contributed by atoms with van der Waals surface area (Å²) in [5.41, 5.74) is 1.75. The minimum atomic E-state index is -0.320. The fraction of sp³-hybridized carbons (Fsp3) is 0.357. The molecular weight excluding hydrogens is 338 g/mol. The summed E-state index contributed by atoms with van der Waals surface area (Å²) in [6, 6.07) is 1.71. The van der Waals surface area contributed by atoms with E-state index >= 15 is 0 Å². The fourth-order valence-electron chi connectivity index (χ4n) is 2.08. The average Bonchev–Trinajstić information content (AvgIpc) is 2.48. The molecule has 0 fully saturated rings. The summed E-state index contributed by atoms with van der Waals surface area (Å²) in [4.78, 5) is 20.4. The van der Waals surface area contributed by atoms with Crippen LogP contribution in [0.15, 0.2) is 21.5 Å². The molecule has 0 spiro atoms. The van der Waals surface area contributed by atoms with Crippen LogP contribution < -0.4 is 15.2 Å². The van der Waals surface area contributed by atoms with Gasteiger partial charge >= 0.3 is 5.69 Å². The molecule has 0 aliphatic heterocycles. The van der Waals surface area contributed by atoms with Crippen LogP contribution in [-0.4, -0.2) is 28.8 Å². The Hall–Kier alpha value is -1.89. The largest absolute Gasteiger partial charge is 0.493 e. The predicted molar refractivity (Wildman–Crippen MR) is 82.1 cm³/mol. The van der Waals surface area contributed by atoms with Gasteiger partial charge in [-0.05, 0) is 29.8 Å². The van der Waals surface area contributed by atoms with Crippen molar-refractivity contribution in [3.8, 4) is 11.5 Å². The number of rotatable bonds is 4. The predicted octanol–water partition coefficient (Wildman–Crippen LogP) is 2.08. The third-order valence-corrected chi connectivity index (χ3v) is 4.36. The van der Waals surface area contributed by atoms with E-state index in [2.05, 4.69) is 25.9 Å². The van der Waals surface area contributed by atoms with Gasteiger partial charge < -0.3 is 9.47 Å². The van der Waals surface area contributed by atoms with Gasteiger partial charge in [0, 0.05) is 18.0 Å². The summed E-state index contributed by atoms with van der Waals surface area (Å²) in [7, 11) is 3.10. The minimum Gasteiger partial charge on any atom is -0.493 e. The summed E-state index contributed by atoms with van der Waals surface area (Å²) in [6.07, 6.45) is 1.62. The molecule has 7 heteroatoms. The summed E-state index contributed by atoms with van der Waals surface area (Å²) in [5.74, 6) is 1.09. The maximum atomic E-state index is 12.1. The number of aromatic nitrogens is 3. The van der Waals surface area contributed by atoms with E-state index in [0.717, 1.165) is 10.2 Å². The first-order valence-corrected chi connectivity index (χ1v) is 7.08. The topological polar surface area (TPSA) is 66.2 Å². The van der Waals surface area contributed by atoms with Gasteiger partial charge in [0.15, 0.2) is 11.5 Å². The third-order valence-electron chi connectivity index (χ3n) is 3.21. The number of methoxy groups -OCH3 is 2. The van der Waals surface area contributed by atoms with Crippen molar-refractivity contribution < 1.29 is 9.47 Å². The number of aryl methyl sites for hydroxylation is 1. The van der Waals surface area contributed by atoms with Crippen LogP contribution >= 0.6 is 15.9 Å². The van der Waals surface area contributed by atoms with Gasteiger partial charge in [0.25, 0.3) is 0 Å². The molecule has 0 aromatic carbocycles. The van der Waals surface area contributed by atoms with Crippen LogP contribution in [0.1, 0.15) is 17.1 Å². The summed E-state index contributed by atoms with van der Waals surface area (Å²) in [6.45, 7) is 3.90.